The van der Waals surface area contributed by atoms with Crippen LogP contribution in [-0.2, 0) is 17.8 Å². The number of benzene rings is 2. The third kappa shape index (κ3) is 5.97. The van der Waals surface area contributed by atoms with E-state index in [1.165, 1.54) is 0 Å². The van der Waals surface area contributed by atoms with Crippen LogP contribution in [0.2, 0.25) is 0 Å². The maximum Gasteiger partial charge on any atom is 0.233 e. The number of amides is 1. The Labute approximate surface area is 154 Å². The van der Waals surface area contributed by atoms with E-state index in [0.29, 0.717) is 24.6 Å². The van der Waals surface area contributed by atoms with Crippen molar-refractivity contribution in [2.75, 3.05) is 34.4 Å². The Morgan fingerprint density at radius 1 is 0.885 bits per heavy atom. The smallest absolute Gasteiger partial charge is 0.233 e. The molecule has 2 aromatic carbocycles. The molecule has 0 fully saturated rings. The second-order valence-corrected chi connectivity index (χ2v) is 5.74. The van der Waals surface area contributed by atoms with E-state index in [2.05, 4.69) is 10.6 Å². The van der Waals surface area contributed by atoms with Gasteiger partial charge in [0.1, 0.15) is 5.75 Å². The number of carbonyl (C=O) groups is 1. The van der Waals surface area contributed by atoms with E-state index in [1.807, 2.05) is 42.5 Å². The van der Waals surface area contributed by atoms with Crippen LogP contribution in [0.25, 0.3) is 0 Å². The van der Waals surface area contributed by atoms with Crippen molar-refractivity contribution in [1.29, 1.82) is 0 Å². The normalized spacial score (nSPS) is 10.3. The maximum atomic E-state index is 11.9. The average Bonchev–Trinajstić information content (AvgIpc) is 2.68. The lowest BCUT2D eigenvalue weighted by Crippen LogP contribution is -2.34. The molecule has 0 heterocycles. The SMILES string of the molecule is COc1ccc(CNCC(=O)NCCc2ccc(OC)c(OC)c2)cc1. The summed E-state index contributed by atoms with van der Waals surface area (Å²) in [5.74, 6) is 2.18. The number of methoxy groups -OCH3 is 3. The molecule has 0 atom stereocenters. The van der Waals surface area contributed by atoms with Gasteiger partial charge in [0.05, 0.1) is 27.9 Å². The molecular weight excluding hydrogens is 332 g/mol. The zero-order valence-corrected chi connectivity index (χ0v) is 15.5. The van der Waals surface area contributed by atoms with Gasteiger partial charge < -0.3 is 24.8 Å². The molecule has 0 saturated carbocycles. The Morgan fingerprint density at radius 2 is 1.58 bits per heavy atom. The van der Waals surface area contributed by atoms with Gasteiger partial charge in [-0.25, -0.2) is 0 Å². The van der Waals surface area contributed by atoms with Gasteiger partial charge >= 0.3 is 0 Å². The van der Waals surface area contributed by atoms with Gasteiger partial charge in [0, 0.05) is 13.1 Å². The maximum absolute atomic E-state index is 11.9. The minimum absolute atomic E-state index is 0.0287. The first kappa shape index (κ1) is 19.6. The van der Waals surface area contributed by atoms with E-state index >= 15 is 0 Å². The van der Waals surface area contributed by atoms with Gasteiger partial charge in [0.15, 0.2) is 11.5 Å². The second kappa shape index (κ2) is 10.3. The lowest BCUT2D eigenvalue weighted by atomic mass is 10.1. The van der Waals surface area contributed by atoms with Gasteiger partial charge in [-0.1, -0.05) is 18.2 Å². The molecule has 0 radical (unpaired) electrons. The van der Waals surface area contributed by atoms with Crippen molar-refractivity contribution in [3.63, 3.8) is 0 Å². The van der Waals surface area contributed by atoms with Crippen molar-refractivity contribution in [3.8, 4) is 17.2 Å². The van der Waals surface area contributed by atoms with E-state index in [1.54, 1.807) is 21.3 Å². The fourth-order valence-corrected chi connectivity index (χ4v) is 2.51. The van der Waals surface area contributed by atoms with Gasteiger partial charge in [0.25, 0.3) is 0 Å². The summed E-state index contributed by atoms with van der Waals surface area (Å²) >= 11 is 0. The molecule has 26 heavy (non-hydrogen) atoms. The molecule has 6 heteroatoms. The molecule has 0 bridgehead atoms. The fourth-order valence-electron chi connectivity index (χ4n) is 2.51. The molecule has 6 nitrogen and oxygen atoms in total. The van der Waals surface area contributed by atoms with Gasteiger partial charge in [-0.15, -0.1) is 0 Å². The number of ether oxygens (including phenoxy) is 3. The van der Waals surface area contributed by atoms with Crippen LogP contribution < -0.4 is 24.8 Å². The monoisotopic (exact) mass is 358 g/mol. The van der Waals surface area contributed by atoms with Gasteiger partial charge in [-0.2, -0.15) is 0 Å². The van der Waals surface area contributed by atoms with E-state index in [-0.39, 0.29) is 12.5 Å². The van der Waals surface area contributed by atoms with E-state index in [0.717, 1.165) is 23.3 Å². The summed E-state index contributed by atoms with van der Waals surface area (Å²) < 4.78 is 15.6. The second-order valence-electron chi connectivity index (χ2n) is 5.74. The van der Waals surface area contributed by atoms with Crippen LogP contribution in [0, 0.1) is 0 Å². The van der Waals surface area contributed by atoms with Crippen LogP contribution in [0.4, 0.5) is 0 Å². The first-order chi connectivity index (χ1) is 12.7. The number of rotatable bonds is 10. The minimum atomic E-state index is -0.0287. The minimum Gasteiger partial charge on any atom is -0.497 e. The van der Waals surface area contributed by atoms with Crippen LogP contribution >= 0.6 is 0 Å². The molecule has 0 aromatic heterocycles. The fraction of sp³-hybridized carbons (Fsp3) is 0.350. The molecule has 1 amide bonds. The molecule has 0 unspecified atom stereocenters. The lowest BCUT2D eigenvalue weighted by molar-refractivity contribution is -0.120. The molecular formula is C20H26N2O4. The summed E-state index contributed by atoms with van der Waals surface area (Å²) in [6.45, 7) is 1.48. The van der Waals surface area contributed by atoms with Crippen LogP contribution in [-0.4, -0.2) is 40.3 Å². The summed E-state index contributed by atoms with van der Waals surface area (Å²) in [6, 6.07) is 13.5. The number of hydrogen-bond donors (Lipinski definition) is 2. The third-order valence-corrected chi connectivity index (χ3v) is 3.96. The largest absolute Gasteiger partial charge is 0.497 e. The Bertz CT molecular complexity index is 701. The molecule has 0 spiro atoms. The molecule has 0 aliphatic carbocycles. The Kier molecular flexibility index (Phi) is 7.76. The van der Waals surface area contributed by atoms with E-state index < -0.39 is 0 Å². The Hall–Kier alpha value is -2.73. The van der Waals surface area contributed by atoms with Gasteiger partial charge in [-0.05, 0) is 41.8 Å². The van der Waals surface area contributed by atoms with Crippen molar-refractivity contribution in [1.82, 2.24) is 10.6 Å². The molecule has 2 rings (SSSR count). The van der Waals surface area contributed by atoms with Gasteiger partial charge in [0.2, 0.25) is 5.91 Å². The highest BCUT2D eigenvalue weighted by Crippen LogP contribution is 2.27. The molecule has 0 aliphatic rings. The zero-order chi connectivity index (χ0) is 18.8. The number of hydrogen-bond acceptors (Lipinski definition) is 5. The van der Waals surface area contributed by atoms with Crippen LogP contribution in [0.1, 0.15) is 11.1 Å². The van der Waals surface area contributed by atoms with Crippen molar-refractivity contribution < 1.29 is 19.0 Å². The summed E-state index contributed by atoms with van der Waals surface area (Å²) in [7, 11) is 4.86. The topological polar surface area (TPSA) is 68.8 Å². The van der Waals surface area contributed by atoms with Crippen LogP contribution in [0.15, 0.2) is 42.5 Å². The number of nitrogens with one attached hydrogen (secondary N) is 2. The van der Waals surface area contributed by atoms with Crippen molar-refractivity contribution in [3.05, 3.63) is 53.6 Å². The first-order valence-corrected chi connectivity index (χ1v) is 8.47. The highest BCUT2D eigenvalue weighted by molar-refractivity contribution is 5.77. The lowest BCUT2D eigenvalue weighted by Gasteiger charge is -2.10. The molecule has 0 saturated heterocycles. The van der Waals surface area contributed by atoms with E-state index in [9.17, 15) is 4.79 Å². The Balaban J connectivity index is 1.68. The average molecular weight is 358 g/mol. The highest BCUT2D eigenvalue weighted by Gasteiger charge is 2.05. The first-order valence-electron chi connectivity index (χ1n) is 8.47. The van der Waals surface area contributed by atoms with Crippen LogP contribution in [0.5, 0.6) is 17.2 Å². The molecule has 2 aromatic rings. The Morgan fingerprint density at radius 3 is 2.23 bits per heavy atom. The predicted octanol–water partition coefficient (Wildman–Crippen LogP) is 2.16. The summed E-state index contributed by atoms with van der Waals surface area (Å²) in [4.78, 5) is 11.9. The van der Waals surface area contributed by atoms with Crippen molar-refractivity contribution in [2.24, 2.45) is 0 Å². The summed E-state index contributed by atoms with van der Waals surface area (Å²) in [5, 5.41) is 6.04. The zero-order valence-electron chi connectivity index (χ0n) is 15.5. The summed E-state index contributed by atoms with van der Waals surface area (Å²) in [6.07, 6.45) is 0.727. The van der Waals surface area contributed by atoms with Gasteiger partial charge in [-0.3, -0.25) is 4.79 Å². The van der Waals surface area contributed by atoms with Crippen LogP contribution in [0.3, 0.4) is 0 Å². The standard InChI is InChI=1S/C20H26N2O4/c1-24-17-7-4-16(5-8-17)13-21-14-20(23)22-11-10-15-6-9-18(25-2)19(12-15)26-3/h4-9,12,21H,10-11,13-14H2,1-3H3,(H,22,23). The summed E-state index contributed by atoms with van der Waals surface area (Å²) in [5.41, 5.74) is 2.18. The predicted molar refractivity (Wildman–Crippen MR) is 101 cm³/mol. The highest BCUT2D eigenvalue weighted by atomic mass is 16.5. The van der Waals surface area contributed by atoms with E-state index in [4.69, 9.17) is 14.2 Å². The van der Waals surface area contributed by atoms with Crippen molar-refractivity contribution >= 4 is 5.91 Å². The molecule has 140 valence electrons. The molecule has 0 aliphatic heterocycles. The third-order valence-electron chi connectivity index (χ3n) is 3.96. The number of carbonyl (C=O) groups excluding carboxylic acids is 1. The molecule has 2 N–H and O–H groups in total. The van der Waals surface area contributed by atoms with Crippen molar-refractivity contribution in [2.45, 2.75) is 13.0 Å². The quantitative estimate of drug-likeness (QED) is 0.681.